The van der Waals surface area contributed by atoms with Crippen LogP contribution in [0.3, 0.4) is 0 Å². The van der Waals surface area contributed by atoms with Gasteiger partial charge in [-0.2, -0.15) is 13.2 Å². The number of piperidine rings is 1. The van der Waals surface area contributed by atoms with Crippen LogP contribution in [0.15, 0.2) is 22.8 Å². The molecule has 1 aliphatic heterocycles. The molecule has 0 bridgehead atoms. The van der Waals surface area contributed by atoms with Crippen molar-refractivity contribution in [3.8, 4) is 0 Å². The molecule has 1 amide bonds. The molecule has 5 nitrogen and oxygen atoms in total. The summed E-state index contributed by atoms with van der Waals surface area (Å²) in [6.45, 7) is -0.366. The van der Waals surface area contributed by atoms with E-state index in [2.05, 4.69) is 0 Å². The largest absolute Gasteiger partial charge is 0.467 e. The van der Waals surface area contributed by atoms with Crippen molar-refractivity contribution in [2.24, 2.45) is 5.92 Å². The first-order valence-corrected chi connectivity index (χ1v) is 7.57. The smallest absolute Gasteiger partial charge is 0.406 e. The fourth-order valence-corrected chi connectivity index (χ4v) is 2.77. The molecule has 1 N–H and O–H groups in total. The maximum absolute atomic E-state index is 12.7. The summed E-state index contributed by atoms with van der Waals surface area (Å²) in [6.07, 6.45) is -1.39. The molecule has 2 heterocycles. The monoisotopic (exact) mass is 334 g/mol. The fraction of sp³-hybridized carbons (Fsp3) is 0.667. The Morgan fingerprint density at radius 3 is 2.87 bits per heavy atom. The number of carbonyl (C=O) groups excluding carboxylic acids is 1. The van der Waals surface area contributed by atoms with Crippen LogP contribution in [0.25, 0.3) is 0 Å². The van der Waals surface area contributed by atoms with E-state index < -0.39 is 18.6 Å². The molecule has 0 aromatic carbocycles. The van der Waals surface area contributed by atoms with Crippen molar-refractivity contribution in [3.05, 3.63) is 24.2 Å². The molecule has 1 atom stereocenters. The first-order chi connectivity index (χ1) is 10.9. The number of hydrogen-bond acceptors (Lipinski definition) is 4. The normalized spacial score (nSPS) is 19.7. The average molecular weight is 334 g/mol. The van der Waals surface area contributed by atoms with Crippen molar-refractivity contribution in [1.29, 1.82) is 0 Å². The molecular weight excluding hydrogens is 313 g/mol. The first-order valence-electron chi connectivity index (χ1n) is 7.57. The Morgan fingerprint density at radius 2 is 2.26 bits per heavy atom. The van der Waals surface area contributed by atoms with E-state index in [1.54, 1.807) is 17.0 Å². The topological polar surface area (TPSA) is 56.9 Å². The number of halogens is 3. The highest BCUT2D eigenvalue weighted by Gasteiger charge is 2.34. The van der Waals surface area contributed by atoms with Crippen LogP contribution < -0.4 is 0 Å². The van der Waals surface area contributed by atoms with E-state index in [0.717, 1.165) is 17.7 Å². The zero-order valence-corrected chi connectivity index (χ0v) is 12.8. The van der Waals surface area contributed by atoms with Crippen molar-refractivity contribution in [2.45, 2.75) is 25.6 Å². The number of rotatable bonds is 6. The van der Waals surface area contributed by atoms with Gasteiger partial charge in [-0.05, 0) is 37.4 Å². The third kappa shape index (κ3) is 5.87. The molecule has 1 aromatic rings. The van der Waals surface area contributed by atoms with Crippen LogP contribution in [-0.4, -0.2) is 59.8 Å². The summed E-state index contributed by atoms with van der Waals surface area (Å²) in [7, 11) is 0. The fourth-order valence-electron chi connectivity index (χ4n) is 2.77. The molecule has 1 aliphatic rings. The molecular formula is C15H21F3N2O3. The predicted molar refractivity (Wildman–Crippen MR) is 76.4 cm³/mol. The highest BCUT2D eigenvalue weighted by atomic mass is 19.4. The number of aliphatic hydroxyl groups excluding tert-OH is 1. The van der Waals surface area contributed by atoms with Gasteiger partial charge in [0.25, 0.3) is 0 Å². The van der Waals surface area contributed by atoms with Crippen molar-refractivity contribution in [3.63, 3.8) is 0 Å². The Morgan fingerprint density at radius 1 is 1.48 bits per heavy atom. The van der Waals surface area contributed by atoms with Crippen LogP contribution in [0.1, 0.15) is 18.6 Å². The molecule has 0 aliphatic carbocycles. The highest BCUT2D eigenvalue weighted by Crippen LogP contribution is 2.20. The third-order valence-corrected chi connectivity index (χ3v) is 3.87. The Balaban J connectivity index is 1.97. The molecule has 1 unspecified atom stereocenters. The zero-order chi connectivity index (χ0) is 16.9. The summed E-state index contributed by atoms with van der Waals surface area (Å²) in [5.74, 6) is -0.190. The van der Waals surface area contributed by atoms with E-state index in [4.69, 9.17) is 4.42 Å². The van der Waals surface area contributed by atoms with E-state index in [0.29, 0.717) is 18.8 Å². The lowest BCUT2D eigenvalue weighted by Crippen LogP contribution is -2.46. The van der Waals surface area contributed by atoms with Gasteiger partial charge in [-0.15, -0.1) is 0 Å². The van der Waals surface area contributed by atoms with E-state index in [1.165, 1.54) is 6.26 Å². The number of hydrogen-bond donors (Lipinski definition) is 1. The molecule has 1 saturated heterocycles. The number of nitrogens with zero attached hydrogens (tertiary/aromatic N) is 2. The van der Waals surface area contributed by atoms with Crippen LogP contribution in [0, 0.1) is 5.92 Å². The number of amides is 1. The van der Waals surface area contributed by atoms with E-state index >= 15 is 0 Å². The quantitative estimate of drug-likeness (QED) is 0.863. The minimum Gasteiger partial charge on any atom is -0.467 e. The number of aliphatic hydroxyl groups is 1. The van der Waals surface area contributed by atoms with Crippen LogP contribution in [-0.2, 0) is 11.3 Å². The summed E-state index contributed by atoms with van der Waals surface area (Å²) in [5, 5.41) is 9.19. The van der Waals surface area contributed by atoms with Crippen molar-refractivity contribution in [2.75, 3.05) is 32.8 Å². The molecule has 23 heavy (non-hydrogen) atoms. The van der Waals surface area contributed by atoms with Crippen molar-refractivity contribution >= 4 is 5.91 Å². The summed E-state index contributed by atoms with van der Waals surface area (Å²) in [5.41, 5.74) is 0. The van der Waals surface area contributed by atoms with Crippen LogP contribution in [0.2, 0.25) is 0 Å². The summed E-state index contributed by atoms with van der Waals surface area (Å²) in [6, 6.07) is 3.11. The second-order valence-electron chi connectivity index (χ2n) is 5.87. The van der Waals surface area contributed by atoms with Crippen molar-refractivity contribution < 1.29 is 27.5 Å². The van der Waals surface area contributed by atoms with Gasteiger partial charge in [0.15, 0.2) is 0 Å². The number of carbonyl (C=O) groups is 1. The maximum Gasteiger partial charge on any atom is 0.406 e. The number of likely N-dealkylation sites (tertiary alicyclic amines) is 1. The third-order valence-electron chi connectivity index (χ3n) is 3.87. The van der Waals surface area contributed by atoms with Crippen LogP contribution in [0.4, 0.5) is 13.2 Å². The van der Waals surface area contributed by atoms with E-state index in [-0.39, 0.29) is 25.6 Å². The second kappa shape index (κ2) is 7.83. The molecule has 8 heteroatoms. The van der Waals surface area contributed by atoms with Gasteiger partial charge in [0, 0.05) is 13.2 Å². The summed E-state index contributed by atoms with van der Waals surface area (Å²) < 4.78 is 43.2. The van der Waals surface area contributed by atoms with Gasteiger partial charge in [-0.3, -0.25) is 9.69 Å². The van der Waals surface area contributed by atoms with Crippen LogP contribution >= 0.6 is 0 Å². The number of alkyl halides is 3. The molecule has 0 radical (unpaired) electrons. The highest BCUT2D eigenvalue weighted by molar-refractivity contribution is 5.78. The summed E-state index contributed by atoms with van der Waals surface area (Å²) in [4.78, 5) is 14.9. The van der Waals surface area contributed by atoms with Gasteiger partial charge in [0.05, 0.1) is 19.4 Å². The molecule has 1 aromatic heterocycles. The van der Waals surface area contributed by atoms with Gasteiger partial charge in [0.1, 0.15) is 12.3 Å². The van der Waals surface area contributed by atoms with Gasteiger partial charge in [0.2, 0.25) is 5.91 Å². The second-order valence-corrected chi connectivity index (χ2v) is 5.87. The lowest BCUT2D eigenvalue weighted by Gasteiger charge is -2.33. The number of furan rings is 1. The van der Waals surface area contributed by atoms with Crippen LogP contribution in [0.5, 0.6) is 0 Å². The molecule has 2 rings (SSSR count). The molecule has 0 saturated carbocycles. The van der Waals surface area contributed by atoms with Gasteiger partial charge < -0.3 is 14.4 Å². The molecule has 130 valence electrons. The Labute approximate surface area is 132 Å². The Kier molecular flexibility index (Phi) is 6.06. The predicted octanol–water partition coefficient (Wildman–Crippen LogP) is 1.87. The lowest BCUT2D eigenvalue weighted by atomic mass is 9.99. The first kappa shape index (κ1) is 17.8. The van der Waals surface area contributed by atoms with Crippen molar-refractivity contribution in [1.82, 2.24) is 9.80 Å². The Hall–Kier alpha value is -1.54. The molecule has 1 fully saturated rings. The SMILES string of the molecule is O=C(CN1CCCC(CO)C1)N(Cc1ccco1)CC(F)(F)F. The Bertz CT molecular complexity index is 491. The zero-order valence-electron chi connectivity index (χ0n) is 12.8. The average Bonchev–Trinajstić information content (AvgIpc) is 2.98. The minimum atomic E-state index is -4.46. The van der Waals surface area contributed by atoms with Gasteiger partial charge in [-0.1, -0.05) is 0 Å². The summed E-state index contributed by atoms with van der Waals surface area (Å²) >= 11 is 0. The maximum atomic E-state index is 12.7. The molecule has 0 spiro atoms. The van der Waals surface area contributed by atoms with Gasteiger partial charge in [-0.25, -0.2) is 0 Å². The van der Waals surface area contributed by atoms with Gasteiger partial charge >= 0.3 is 6.18 Å². The standard InChI is InChI=1S/C15H21F3N2O3/c16-15(17,18)11-20(8-13-4-2-6-23-13)14(22)9-19-5-1-3-12(7-19)10-21/h2,4,6,12,21H,1,3,5,7-11H2. The van der Waals surface area contributed by atoms with E-state index in [9.17, 15) is 23.1 Å². The van der Waals surface area contributed by atoms with E-state index in [1.807, 2.05) is 0 Å². The minimum absolute atomic E-state index is 0.0311. The lowest BCUT2D eigenvalue weighted by molar-refractivity contribution is -0.163.